The number of anilines is 1. The van der Waals surface area contributed by atoms with Crippen molar-refractivity contribution in [2.24, 2.45) is 0 Å². The number of fused-ring (bicyclic) bond motifs is 1. The average molecular weight is 283 g/mol. The Morgan fingerprint density at radius 2 is 2.32 bits per heavy atom. The maximum absolute atomic E-state index is 12.5. The van der Waals surface area contributed by atoms with Gasteiger partial charge in [0, 0.05) is 24.3 Å². The standard InChI is InChI=1S/C14H18N2O2.ClH/c1-10-9-18-7-6-16(10)14(17)12-2-3-13-11(8-12)4-5-15-13;/h2-3,8,10,15H,4-7,9H2,1H3;1H. The van der Waals surface area contributed by atoms with Gasteiger partial charge in [-0.3, -0.25) is 4.79 Å². The van der Waals surface area contributed by atoms with Crippen LogP contribution in [0.4, 0.5) is 5.69 Å². The largest absolute Gasteiger partial charge is 0.384 e. The summed E-state index contributed by atoms with van der Waals surface area (Å²) in [5, 5.41) is 3.31. The number of hydrogen-bond acceptors (Lipinski definition) is 3. The van der Waals surface area contributed by atoms with Crippen LogP contribution >= 0.6 is 12.4 Å². The zero-order valence-corrected chi connectivity index (χ0v) is 11.8. The zero-order chi connectivity index (χ0) is 12.5. The van der Waals surface area contributed by atoms with E-state index in [-0.39, 0.29) is 24.4 Å². The fraction of sp³-hybridized carbons (Fsp3) is 0.500. The summed E-state index contributed by atoms with van der Waals surface area (Å²) in [6.45, 7) is 4.98. The van der Waals surface area contributed by atoms with Crippen LogP contribution in [-0.4, -0.2) is 43.2 Å². The molecule has 0 aliphatic carbocycles. The van der Waals surface area contributed by atoms with Crippen molar-refractivity contribution in [1.29, 1.82) is 0 Å². The Morgan fingerprint density at radius 3 is 3.11 bits per heavy atom. The summed E-state index contributed by atoms with van der Waals surface area (Å²) in [4.78, 5) is 14.4. The van der Waals surface area contributed by atoms with Gasteiger partial charge in [0.05, 0.1) is 19.3 Å². The molecule has 1 aromatic rings. The smallest absolute Gasteiger partial charge is 0.254 e. The van der Waals surface area contributed by atoms with Crippen molar-refractivity contribution >= 4 is 24.0 Å². The number of benzene rings is 1. The van der Waals surface area contributed by atoms with Gasteiger partial charge in [-0.15, -0.1) is 12.4 Å². The minimum absolute atomic E-state index is 0. The highest BCUT2D eigenvalue weighted by atomic mass is 35.5. The number of carbonyl (C=O) groups is 1. The van der Waals surface area contributed by atoms with Crippen molar-refractivity contribution in [3.63, 3.8) is 0 Å². The molecule has 19 heavy (non-hydrogen) atoms. The Balaban J connectivity index is 0.00000133. The third kappa shape index (κ3) is 2.69. The van der Waals surface area contributed by atoms with Crippen molar-refractivity contribution in [3.8, 4) is 0 Å². The van der Waals surface area contributed by atoms with Crippen LogP contribution in [-0.2, 0) is 11.2 Å². The first-order chi connectivity index (χ1) is 8.75. The first-order valence-electron chi connectivity index (χ1n) is 6.51. The van der Waals surface area contributed by atoms with Gasteiger partial charge in [-0.25, -0.2) is 0 Å². The lowest BCUT2D eigenvalue weighted by molar-refractivity contribution is 0.00359. The second kappa shape index (κ2) is 5.80. The van der Waals surface area contributed by atoms with Crippen molar-refractivity contribution < 1.29 is 9.53 Å². The molecule has 2 heterocycles. The molecule has 0 bridgehead atoms. The molecule has 0 spiro atoms. The van der Waals surface area contributed by atoms with E-state index < -0.39 is 0 Å². The Bertz CT molecular complexity index is 479. The van der Waals surface area contributed by atoms with Gasteiger partial charge < -0.3 is 15.0 Å². The van der Waals surface area contributed by atoms with Crippen LogP contribution in [0.25, 0.3) is 0 Å². The number of halogens is 1. The van der Waals surface area contributed by atoms with Crippen LogP contribution in [0, 0.1) is 0 Å². The van der Waals surface area contributed by atoms with Crippen molar-refractivity contribution in [1.82, 2.24) is 4.90 Å². The van der Waals surface area contributed by atoms with Crippen molar-refractivity contribution in [3.05, 3.63) is 29.3 Å². The second-order valence-electron chi connectivity index (χ2n) is 4.97. The van der Waals surface area contributed by atoms with Crippen molar-refractivity contribution in [2.75, 3.05) is 31.6 Å². The third-order valence-electron chi connectivity index (χ3n) is 3.69. The number of rotatable bonds is 1. The quantitative estimate of drug-likeness (QED) is 0.856. The SMILES string of the molecule is CC1COCCN1C(=O)c1ccc2c(c1)CCN2.Cl. The summed E-state index contributed by atoms with van der Waals surface area (Å²) in [6, 6.07) is 6.12. The Morgan fingerprint density at radius 1 is 1.47 bits per heavy atom. The topological polar surface area (TPSA) is 41.6 Å². The second-order valence-corrected chi connectivity index (χ2v) is 4.97. The van der Waals surface area contributed by atoms with Gasteiger partial charge in [-0.1, -0.05) is 0 Å². The Kier molecular flexibility index (Phi) is 4.32. The minimum atomic E-state index is 0. The van der Waals surface area contributed by atoms with Crippen LogP contribution in [0.1, 0.15) is 22.8 Å². The summed E-state index contributed by atoms with van der Waals surface area (Å²) in [5.74, 6) is 0.125. The maximum atomic E-state index is 12.5. The van der Waals surface area contributed by atoms with Crippen LogP contribution in [0.5, 0.6) is 0 Å². The monoisotopic (exact) mass is 282 g/mol. The molecule has 1 fully saturated rings. The highest BCUT2D eigenvalue weighted by Crippen LogP contribution is 2.24. The van der Waals surface area contributed by atoms with Gasteiger partial charge in [0.2, 0.25) is 0 Å². The Hall–Kier alpha value is -1.26. The van der Waals surface area contributed by atoms with Gasteiger partial charge >= 0.3 is 0 Å². The predicted octanol–water partition coefficient (Wildman–Crippen LogP) is 1.94. The van der Waals surface area contributed by atoms with E-state index in [4.69, 9.17) is 4.74 Å². The molecule has 3 rings (SSSR count). The van der Waals surface area contributed by atoms with E-state index in [1.165, 1.54) is 11.3 Å². The van der Waals surface area contributed by atoms with Gasteiger partial charge in [0.25, 0.3) is 5.91 Å². The molecule has 0 aromatic heterocycles. The molecule has 0 saturated carbocycles. The Labute approximate surface area is 119 Å². The predicted molar refractivity (Wildman–Crippen MR) is 77.2 cm³/mol. The fourth-order valence-electron chi connectivity index (χ4n) is 2.63. The zero-order valence-electron chi connectivity index (χ0n) is 11.0. The number of hydrogen-bond donors (Lipinski definition) is 1. The molecule has 1 N–H and O–H groups in total. The maximum Gasteiger partial charge on any atom is 0.254 e. The van der Waals surface area contributed by atoms with E-state index in [2.05, 4.69) is 5.32 Å². The van der Waals surface area contributed by atoms with E-state index in [0.29, 0.717) is 19.8 Å². The molecule has 0 radical (unpaired) electrons. The number of nitrogens with one attached hydrogen (secondary N) is 1. The van der Waals surface area contributed by atoms with Crippen LogP contribution in [0.15, 0.2) is 18.2 Å². The summed E-state index contributed by atoms with van der Waals surface area (Å²) < 4.78 is 5.37. The normalized spacial score (nSPS) is 21.3. The molecule has 2 aliphatic heterocycles. The molecule has 1 atom stereocenters. The van der Waals surface area contributed by atoms with E-state index in [9.17, 15) is 4.79 Å². The molecule has 1 unspecified atom stereocenters. The van der Waals surface area contributed by atoms with E-state index in [1.54, 1.807) is 0 Å². The van der Waals surface area contributed by atoms with E-state index in [1.807, 2.05) is 30.0 Å². The van der Waals surface area contributed by atoms with Crippen LogP contribution < -0.4 is 5.32 Å². The molecular weight excluding hydrogens is 264 g/mol. The van der Waals surface area contributed by atoms with Crippen LogP contribution in [0.2, 0.25) is 0 Å². The molecule has 2 aliphatic rings. The molecular formula is C14H19ClN2O2. The lowest BCUT2D eigenvalue weighted by atomic mass is 10.1. The lowest BCUT2D eigenvalue weighted by Gasteiger charge is -2.33. The first kappa shape index (κ1) is 14.2. The number of ether oxygens (including phenoxy) is 1. The number of morpholine rings is 1. The first-order valence-corrected chi connectivity index (χ1v) is 6.51. The average Bonchev–Trinajstić information content (AvgIpc) is 2.85. The molecule has 1 aromatic carbocycles. The van der Waals surface area contributed by atoms with Gasteiger partial charge in [-0.2, -0.15) is 0 Å². The highest BCUT2D eigenvalue weighted by molar-refractivity contribution is 5.95. The van der Waals surface area contributed by atoms with Gasteiger partial charge in [-0.05, 0) is 37.1 Å². The molecule has 1 saturated heterocycles. The van der Waals surface area contributed by atoms with E-state index >= 15 is 0 Å². The number of amides is 1. The highest BCUT2D eigenvalue weighted by Gasteiger charge is 2.25. The summed E-state index contributed by atoms with van der Waals surface area (Å²) in [7, 11) is 0. The molecule has 104 valence electrons. The lowest BCUT2D eigenvalue weighted by Crippen LogP contribution is -2.47. The summed E-state index contributed by atoms with van der Waals surface area (Å²) in [5.41, 5.74) is 3.22. The molecule has 4 nitrogen and oxygen atoms in total. The summed E-state index contributed by atoms with van der Waals surface area (Å²) >= 11 is 0. The third-order valence-corrected chi connectivity index (χ3v) is 3.69. The number of carbonyl (C=O) groups excluding carboxylic acids is 1. The fourth-order valence-corrected chi connectivity index (χ4v) is 2.63. The van der Waals surface area contributed by atoms with E-state index in [0.717, 1.165) is 18.5 Å². The minimum Gasteiger partial charge on any atom is -0.384 e. The number of nitrogens with zero attached hydrogens (tertiary/aromatic N) is 1. The molecule has 5 heteroatoms. The van der Waals surface area contributed by atoms with Gasteiger partial charge in [0.15, 0.2) is 0 Å². The van der Waals surface area contributed by atoms with Gasteiger partial charge in [0.1, 0.15) is 0 Å². The summed E-state index contributed by atoms with van der Waals surface area (Å²) in [6.07, 6.45) is 1.01. The van der Waals surface area contributed by atoms with Crippen molar-refractivity contribution in [2.45, 2.75) is 19.4 Å². The molecule has 1 amide bonds. The van der Waals surface area contributed by atoms with Crippen LogP contribution in [0.3, 0.4) is 0 Å².